The first-order valence-corrected chi connectivity index (χ1v) is 11.3. The van der Waals surface area contributed by atoms with Gasteiger partial charge in [0, 0.05) is 23.5 Å². The van der Waals surface area contributed by atoms with E-state index in [0.717, 1.165) is 5.56 Å². The fraction of sp³-hybridized carbons (Fsp3) is 0.375. The Balaban J connectivity index is 1.98. The lowest BCUT2D eigenvalue weighted by Gasteiger charge is -2.26. The molecule has 2 rings (SSSR count). The third-order valence-electron chi connectivity index (χ3n) is 4.38. The molecule has 0 fully saturated rings. The number of amides is 2. The van der Waals surface area contributed by atoms with Crippen LogP contribution in [-0.2, 0) is 20.9 Å². The molecule has 0 saturated heterocycles. The Bertz CT molecular complexity index is 884. The highest BCUT2D eigenvalue weighted by Crippen LogP contribution is 2.23. The molecule has 0 aliphatic rings. The molecule has 0 heterocycles. The Morgan fingerprint density at radius 3 is 2.26 bits per heavy atom. The number of nitrogens with one attached hydrogen (secondary N) is 1. The van der Waals surface area contributed by atoms with E-state index < -0.39 is 5.97 Å². The number of ether oxygens (including phenoxy) is 1. The lowest BCUT2D eigenvalue weighted by atomic mass is 10.2. The standard InChI is InChI=1S/C24H30N2O4S/c1-17(2)25-22(27)16-31-21-13-9-8-12-20(21)24(29)30-15-23(28)26(18(3)4)14-19-10-6-5-7-11-19/h5-13,17-18H,14-16H2,1-4H3,(H,25,27). The molecule has 7 heteroatoms. The predicted molar refractivity (Wildman–Crippen MR) is 123 cm³/mol. The molecule has 1 N–H and O–H groups in total. The number of hydrogen-bond donors (Lipinski definition) is 1. The fourth-order valence-corrected chi connectivity index (χ4v) is 3.75. The number of benzene rings is 2. The summed E-state index contributed by atoms with van der Waals surface area (Å²) in [4.78, 5) is 39.6. The Kier molecular flexibility index (Phi) is 9.59. The van der Waals surface area contributed by atoms with Gasteiger partial charge in [-0.3, -0.25) is 9.59 Å². The molecule has 0 radical (unpaired) electrons. The topological polar surface area (TPSA) is 75.7 Å². The van der Waals surface area contributed by atoms with E-state index in [1.807, 2.05) is 58.0 Å². The van der Waals surface area contributed by atoms with Crippen molar-refractivity contribution in [1.29, 1.82) is 0 Å². The van der Waals surface area contributed by atoms with E-state index in [2.05, 4.69) is 5.32 Å². The molecule has 6 nitrogen and oxygen atoms in total. The van der Waals surface area contributed by atoms with Crippen LogP contribution in [0, 0.1) is 0 Å². The maximum atomic E-state index is 12.7. The van der Waals surface area contributed by atoms with E-state index in [-0.39, 0.29) is 36.3 Å². The molecule has 0 unspecified atom stereocenters. The van der Waals surface area contributed by atoms with Crippen LogP contribution in [0.15, 0.2) is 59.5 Å². The maximum absolute atomic E-state index is 12.7. The second-order valence-electron chi connectivity index (χ2n) is 7.68. The first-order valence-electron chi connectivity index (χ1n) is 10.3. The van der Waals surface area contributed by atoms with Gasteiger partial charge < -0.3 is 15.0 Å². The quantitative estimate of drug-likeness (QED) is 0.446. The van der Waals surface area contributed by atoms with Gasteiger partial charge in [0.15, 0.2) is 6.61 Å². The van der Waals surface area contributed by atoms with Crippen molar-refractivity contribution in [1.82, 2.24) is 10.2 Å². The van der Waals surface area contributed by atoms with Crippen molar-refractivity contribution >= 4 is 29.5 Å². The Hall–Kier alpha value is -2.80. The van der Waals surface area contributed by atoms with Gasteiger partial charge in [-0.2, -0.15) is 0 Å². The average molecular weight is 443 g/mol. The summed E-state index contributed by atoms with van der Waals surface area (Å²) >= 11 is 1.26. The maximum Gasteiger partial charge on any atom is 0.339 e. The molecule has 0 aromatic heterocycles. The highest BCUT2D eigenvalue weighted by atomic mass is 32.2. The van der Waals surface area contributed by atoms with Gasteiger partial charge in [-0.15, -0.1) is 11.8 Å². The molecule has 0 spiro atoms. The number of rotatable bonds is 10. The second kappa shape index (κ2) is 12.2. The van der Waals surface area contributed by atoms with Crippen LogP contribution >= 0.6 is 11.8 Å². The zero-order valence-corrected chi connectivity index (χ0v) is 19.3. The first-order chi connectivity index (χ1) is 14.8. The summed E-state index contributed by atoms with van der Waals surface area (Å²) in [6, 6.07) is 16.6. The lowest BCUT2D eigenvalue weighted by Crippen LogP contribution is -2.39. The van der Waals surface area contributed by atoms with Crippen molar-refractivity contribution in [2.45, 2.75) is 51.2 Å². The molecule has 2 aromatic carbocycles. The molecule has 0 atom stereocenters. The number of hydrogen-bond acceptors (Lipinski definition) is 5. The monoisotopic (exact) mass is 442 g/mol. The van der Waals surface area contributed by atoms with Crippen molar-refractivity contribution in [3.05, 3.63) is 65.7 Å². The summed E-state index contributed by atoms with van der Waals surface area (Å²) in [5, 5.41) is 2.82. The highest BCUT2D eigenvalue weighted by molar-refractivity contribution is 8.00. The predicted octanol–water partition coefficient (Wildman–Crippen LogP) is 3.90. The van der Waals surface area contributed by atoms with Crippen molar-refractivity contribution in [3.8, 4) is 0 Å². The van der Waals surface area contributed by atoms with Crippen molar-refractivity contribution in [2.75, 3.05) is 12.4 Å². The number of esters is 1. The van der Waals surface area contributed by atoms with Gasteiger partial charge in [0.25, 0.3) is 5.91 Å². The van der Waals surface area contributed by atoms with Gasteiger partial charge >= 0.3 is 5.97 Å². The minimum absolute atomic E-state index is 0.0336. The fourth-order valence-electron chi connectivity index (χ4n) is 2.89. The first kappa shape index (κ1) is 24.5. The van der Waals surface area contributed by atoms with Gasteiger partial charge in [-0.05, 0) is 45.4 Å². The van der Waals surface area contributed by atoms with Crippen LogP contribution in [0.2, 0.25) is 0 Å². The normalized spacial score (nSPS) is 10.8. The zero-order valence-electron chi connectivity index (χ0n) is 18.5. The Morgan fingerprint density at radius 2 is 1.61 bits per heavy atom. The third kappa shape index (κ3) is 8.09. The SMILES string of the molecule is CC(C)NC(=O)CSc1ccccc1C(=O)OCC(=O)N(Cc1ccccc1)C(C)C. The van der Waals surface area contributed by atoms with E-state index in [4.69, 9.17) is 4.74 Å². The van der Waals surface area contributed by atoms with Crippen LogP contribution < -0.4 is 5.32 Å². The molecule has 2 amide bonds. The van der Waals surface area contributed by atoms with E-state index in [1.54, 1.807) is 29.2 Å². The smallest absolute Gasteiger partial charge is 0.339 e. The van der Waals surface area contributed by atoms with Crippen molar-refractivity contribution < 1.29 is 19.1 Å². The molecule has 2 aromatic rings. The minimum atomic E-state index is -0.580. The van der Waals surface area contributed by atoms with Crippen molar-refractivity contribution in [2.24, 2.45) is 0 Å². The van der Waals surface area contributed by atoms with Gasteiger partial charge in [-0.25, -0.2) is 4.79 Å². The number of thioether (sulfide) groups is 1. The summed E-state index contributed by atoms with van der Waals surface area (Å²) in [5.74, 6) is -0.746. The molecule has 0 aliphatic heterocycles. The molecule has 0 aliphatic carbocycles. The average Bonchev–Trinajstić information content (AvgIpc) is 2.74. The highest BCUT2D eigenvalue weighted by Gasteiger charge is 2.21. The number of carbonyl (C=O) groups excluding carboxylic acids is 3. The summed E-state index contributed by atoms with van der Waals surface area (Å²) < 4.78 is 5.33. The Labute approximate surface area is 188 Å². The van der Waals surface area contributed by atoms with Crippen molar-refractivity contribution in [3.63, 3.8) is 0 Å². The zero-order chi connectivity index (χ0) is 22.8. The second-order valence-corrected chi connectivity index (χ2v) is 8.70. The van der Waals surface area contributed by atoms with Crippen LogP contribution in [0.1, 0.15) is 43.6 Å². The van der Waals surface area contributed by atoms with Crippen LogP contribution in [0.3, 0.4) is 0 Å². The lowest BCUT2D eigenvalue weighted by molar-refractivity contribution is -0.137. The van der Waals surface area contributed by atoms with Crippen LogP contribution in [0.25, 0.3) is 0 Å². The van der Waals surface area contributed by atoms with Crippen LogP contribution in [0.4, 0.5) is 0 Å². The molecule has 166 valence electrons. The van der Waals surface area contributed by atoms with Gasteiger partial charge in [0.1, 0.15) is 0 Å². The van der Waals surface area contributed by atoms with Crippen LogP contribution in [0.5, 0.6) is 0 Å². The Morgan fingerprint density at radius 1 is 0.968 bits per heavy atom. The molecular weight excluding hydrogens is 412 g/mol. The molecule has 31 heavy (non-hydrogen) atoms. The molecule has 0 bridgehead atoms. The van der Waals surface area contributed by atoms with E-state index in [0.29, 0.717) is 17.0 Å². The largest absolute Gasteiger partial charge is 0.452 e. The van der Waals surface area contributed by atoms with Crippen LogP contribution in [-0.4, -0.2) is 47.1 Å². The summed E-state index contributed by atoms with van der Waals surface area (Å²) in [6.45, 7) is 7.75. The van der Waals surface area contributed by atoms with E-state index in [1.165, 1.54) is 11.8 Å². The van der Waals surface area contributed by atoms with Gasteiger partial charge in [0.05, 0.1) is 11.3 Å². The summed E-state index contributed by atoms with van der Waals surface area (Å²) in [7, 11) is 0. The summed E-state index contributed by atoms with van der Waals surface area (Å²) in [5.41, 5.74) is 1.36. The van der Waals surface area contributed by atoms with Gasteiger partial charge in [0.2, 0.25) is 5.91 Å². The molecular formula is C24H30N2O4S. The number of carbonyl (C=O) groups is 3. The minimum Gasteiger partial charge on any atom is -0.452 e. The number of nitrogens with zero attached hydrogens (tertiary/aromatic N) is 1. The molecule has 0 saturated carbocycles. The van der Waals surface area contributed by atoms with E-state index in [9.17, 15) is 14.4 Å². The third-order valence-corrected chi connectivity index (χ3v) is 5.46. The van der Waals surface area contributed by atoms with E-state index >= 15 is 0 Å². The van der Waals surface area contributed by atoms with Gasteiger partial charge in [-0.1, -0.05) is 42.5 Å². The summed E-state index contributed by atoms with van der Waals surface area (Å²) in [6.07, 6.45) is 0.